The number of benzene rings is 1. The van der Waals surface area contributed by atoms with Gasteiger partial charge >= 0.3 is 11.9 Å². The number of carbonyl (C=O) groups is 4. The highest BCUT2D eigenvalue weighted by atomic mass is 32.1. The topological polar surface area (TPSA) is 111 Å². The Balaban J connectivity index is 1.55. The van der Waals surface area contributed by atoms with Crippen molar-refractivity contribution in [3.8, 4) is 0 Å². The first-order valence-electron chi connectivity index (χ1n) is 9.40. The monoisotopic (exact) mass is 472 g/mol. The van der Waals surface area contributed by atoms with Crippen molar-refractivity contribution in [3.63, 3.8) is 0 Å². The average Bonchev–Trinajstić information content (AvgIpc) is 3.41. The lowest BCUT2D eigenvalue weighted by molar-refractivity contribution is -0.119. The molecule has 0 aliphatic rings. The first kappa shape index (κ1) is 23.2. The van der Waals surface area contributed by atoms with Gasteiger partial charge in [0.2, 0.25) is 0 Å². The Labute approximate surface area is 192 Å². The number of carbonyl (C=O) groups excluding carboxylic acids is 4. The number of methoxy groups -OCH3 is 1. The number of thiophene rings is 2. The Morgan fingerprint density at radius 2 is 1.69 bits per heavy atom. The average molecular weight is 473 g/mol. The molecule has 2 heterocycles. The zero-order valence-corrected chi connectivity index (χ0v) is 19.1. The molecule has 2 amide bonds. The summed E-state index contributed by atoms with van der Waals surface area (Å²) in [5.74, 6) is -2.06. The SMILES string of the molecule is COC(=O)c1c(NC(=O)COC(=O)c2ccc(NC(=O)c3cccs3)cc2)sc(C)c1C. The van der Waals surface area contributed by atoms with Crippen LogP contribution in [0.25, 0.3) is 0 Å². The number of rotatable bonds is 7. The zero-order valence-electron chi connectivity index (χ0n) is 17.5. The van der Waals surface area contributed by atoms with Gasteiger partial charge in [-0.05, 0) is 55.1 Å². The van der Waals surface area contributed by atoms with E-state index in [4.69, 9.17) is 9.47 Å². The van der Waals surface area contributed by atoms with Gasteiger partial charge in [0.15, 0.2) is 6.61 Å². The number of nitrogens with one attached hydrogen (secondary N) is 2. The number of amides is 2. The molecule has 0 aliphatic heterocycles. The van der Waals surface area contributed by atoms with Crippen LogP contribution in [-0.4, -0.2) is 37.5 Å². The summed E-state index contributed by atoms with van der Waals surface area (Å²) in [6, 6.07) is 9.62. The molecular weight excluding hydrogens is 452 g/mol. The first-order valence-corrected chi connectivity index (χ1v) is 11.1. The van der Waals surface area contributed by atoms with E-state index in [9.17, 15) is 19.2 Å². The summed E-state index contributed by atoms with van der Waals surface area (Å²) in [5, 5.41) is 7.48. The predicted molar refractivity (Wildman–Crippen MR) is 123 cm³/mol. The van der Waals surface area contributed by atoms with Crippen LogP contribution in [0.4, 0.5) is 10.7 Å². The molecule has 1 aromatic carbocycles. The molecule has 2 N–H and O–H groups in total. The Bertz CT molecular complexity index is 1150. The smallest absolute Gasteiger partial charge is 0.341 e. The van der Waals surface area contributed by atoms with Crippen molar-refractivity contribution in [3.05, 3.63) is 68.2 Å². The second kappa shape index (κ2) is 10.2. The van der Waals surface area contributed by atoms with Crippen LogP contribution in [0.15, 0.2) is 41.8 Å². The number of aryl methyl sites for hydroxylation is 1. The van der Waals surface area contributed by atoms with Crippen LogP contribution in [0.1, 0.15) is 40.8 Å². The molecule has 0 atom stereocenters. The summed E-state index contributed by atoms with van der Waals surface area (Å²) in [6.07, 6.45) is 0. The molecule has 166 valence electrons. The first-order chi connectivity index (χ1) is 15.3. The number of hydrogen-bond acceptors (Lipinski definition) is 8. The van der Waals surface area contributed by atoms with Crippen molar-refractivity contribution in [2.75, 3.05) is 24.4 Å². The van der Waals surface area contributed by atoms with Crippen LogP contribution in [0, 0.1) is 13.8 Å². The summed E-state index contributed by atoms with van der Waals surface area (Å²) >= 11 is 2.57. The minimum Gasteiger partial charge on any atom is -0.465 e. The molecule has 0 aliphatic carbocycles. The molecule has 32 heavy (non-hydrogen) atoms. The predicted octanol–water partition coefficient (Wildman–Crippen LogP) is 4.26. The maximum Gasteiger partial charge on any atom is 0.341 e. The van der Waals surface area contributed by atoms with E-state index in [0.29, 0.717) is 15.6 Å². The van der Waals surface area contributed by atoms with Crippen molar-refractivity contribution in [2.45, 2.75) is 13.8 Å². The van der Waals surface area contributed by atoms with Crippen molar-refractivity contribution >= 4 is 57.1 Å². The largest absolute Gasteiger partial charge is 0.465 e. The molecular formula is C22H20N2O6S2. The van der Waals surface area contributed by atoms with E-state index in [-0.39, 0.29) is 17.0 Å². The summed E-state index contributed by atoms with van der Waals surface area (Å²) in [4.78, 5) is 50.0. The lowest BCUT2D eigenvalue weighted by Gasteiger charge is -2.08. The van der Waals surface area contributed by atoms with E-state index < -0.39 is 24.5 Å². The van der Waals surface area contributed by atoms with E-state index in [0.717, 1.165) is 10.4 Å². The third-order valence-electron chi connectivity index (χ3n) is 4.49. The zero-order chi connectivity index (χ0) is 23.3. The molecule has 0 radical (unpaired) electrons. The van der Waals surface area contributed by atoms with Gasteiger partial charge in [-0.1, -0.05) is 6.07 Å². The molecule has 0 unspecified atom stereocenters. The molecule has 0 fully saturated rings. The molecule has 0 saturated heterocycles. The lowest BCUT2D eigenvalue weighted by Crippen LogP contribution is -2.21. The number of esters is 2. The summed E-state index contributed by atoms with van der Waals surface area (Å²) in [7, 11) is 1.26. The standard InChI is InChI=1S/C22H20N2O6S2/c1-12-13(2)32-20(18(12)22(28)29-3)24-17(25)11-30-21(27)14-6-8-15(9-7-14)23-19(26)16-5-4-10-31-16/h4-10H,11H2,1-3H3,(H,23,26)(H,24,25). The van der Waals surface area contributed by atoms with E-state index in [2.05, 4.69) is 10.6 Å². The molecule has 0 saturated carbocycles. The Morgan fingerprint density at radius 1 is 0.969 bits per heavy atom. The maximum atomic E-state index is 12.2. The number of ether oxygens (including phenoxy) is 2. The van der Waals surface area contributed by atoms with E-state index >= 15 is 0 Å². The van der Waals surface area contributed by atoms with Gasteiger partial charge in [-0.2, -0.15) is 0 Å². The van der Waals surface area contributed by atoms with Gasteiger partial charge in [-0.15, -0.1) is 22.7 Å². The van der Waals surface area contributed by atoms with Gasteiger partial charge < -0.3 is 20.1 Å². The third-order valence-corrected chi connectivity index (χ3v) is 6.48. The fraction of sp³-hybridized carbons (Fsp3) is 0.182. The van der Waals surface area contributed by atoms with Crippen molar-refractivity contribution < 1.29 is 28.7 Å². The minimum absolute atomic E-state index is 0.227. The van der Waals surface area contributed by atoms with Crippen molar-refractivity contribution in [1.82, 2.24) is 0 Å². The molecule has 3 aromatic rings. The number of anilines is 2. The van der Waals surface area contributed by atoms with Gasteiger partial charge in [0.25, 0.3) is 11.8 Å². The van der Waals surface area contributed by atoms with Crippen LogP contribution in [-0.2, 0) is 14.3 Å². The fourth-order valence-electron chi connectivity index (χ4n) is 2.73. The van der Waals surface area contributed by atoms with Crippen LogP contribution in [0.2, 0.25) is 0 Å². The van der Waals surface area contributed by atoms with E-state index in [1.165, 1.54) is 41.9 Å². The van der Waals surface area contributed by atoms with Gasteiger partial charge in [0, 0.05) is 10.6 Å². The second-order valence-corrected chi connectivity index (χ2v) is 8.78. The van der Waals surface area contributed by atoms with E-state index in [1.807, 2.05) is 6.92 Å². The van der Waals surface area contributed by atoms with Crippen molar-refractivity contribution in [2.24, 2.45) is 0 Å². The van der Waals surface area contributed by atoms with Crippen LogP contribution in [0.5, 0.6) is 0 Å². The normalized spacial score (nSPS) is 10.3. The Morgan fingerprint density at radius 3 is 2.31 bits per heavy atom. The molecule has 2 aromatic heterocycles. The van der Waals surface area contributed by atoms with Crippen LogP contribution >= 0.6 is 22.7 Å². The Hall–Kier alpha value is -3.50. The van der Waals surface area contributed by atoms with Crippen molar-refractivity contribution in [1.29, 1.82) is 0 Å². The summed E-state index contributed by atoms with van der Waals surface area (Å²) in [6.45, 7) is 3.07. The Kier molecular flexibility index (Phi) is 7.39. The number of hydrogen-bond donors (Lipinski definition) is 2. The quantitative estimate of drug-likeness (QED) is 0.497. The van der Waals surface area contributed by atoms with Crippen LogP contribution < -0.4 is 10.6 Å². The fourth-order valence-corrected chi connectivity index (χ4v) is 4.41. The maximum absolute atomic E-state index is 12.2. The van der Waals surface area contributed by atoms with Gasteiger partial charge in [0.05, 0.1) is 23.1 Å². The van der Waals surface area contributed by atoms with Gasteiger partial charge in [-0.25, -0.2) is 9.59 Å². The molecule has 0 spiro atoms. The highest BCUT2D eigenvalue weighted by molar-refractivity contribution is 7.16. The van der Waals surface area contributed by atoms with Gasteiger partial charge in [0.1, 0.15) is 5.00 Å². The third kappa shape index (κ3) is 5.40. The van der Waals surface area contributed by atoms with Crippen LogP contribution in [0.3, 0.4) is 0 Å². The molecule has 0 bridgehead atoms. The lowest BCUT2D eigenvalue weighted by atomic mass is 10.1. The van der Waals surface area contributed by atoms with E-state index in [1.54, 1.807) is 36.6 Å². The van der Waals surface area contributed by atoms with Gasteiger partial charge in [-0.3, -0.25) is 9.59 Å². The minimum atomic E-state index is -0.692. The molecule has 8 nitrogen and oxygen atoms in total. The molecule has 10 heteroatoms. The molecule has 3 rings (SSSR count). The summed E-state index contributed by atoms with van der Waals surface area (Å²) in [5.41, 5.74) is 1.76. The highest BCUT2D eigenvalue weighted by Crippen LogP contribution is 2.32. The second-order valence-electron chi connectivity index (χ2n) is 6.61. The highest BCUT2D eigenvalue weighted by Gasteiger charge is 2.22. The summed E-state index contributed by atoms with van der Waals surface area (Å²) < 4.78 is 9.83.